The highest BCUT2D eigenvalue weighted by atomic mass is 79.9. The summed E-state index contributed by atoms with van der Waals surface area (Å²) in [6.45, 7) is 6.99. The predicted molar refractivity (Wildman–Crippen MR) is 60.0 cm³/mol. The molecule has 0 heterocycles. The highest BCUT2D eigenvalue weighted by Gasteiger charge is 2.30. The summed E-state index contributed by atoms with van der Waals surface area (Å²) in [6, 6.07) is 0. The van der Waals surface area contributed by atoms with Crippen molar-refractivity contribution in [3.63, 3.8) is 0 Å². The molecule has 78 valence electrons. The van der Waals surface area contributed by atoms with Crippen molar-refractivity contribution in [1.29, 1.82) is 0 Å². The molecule has 0 bridgehead atoms. The van der Waals surface area contributed by atoms with E-state index in [1.165, 1.54) is 19.3 Å². The maximum absolute atomic E-state index is 5.72. The minimum Gasteiger partial charge on any atom is -0.367 e. The third kappa shape index (κ3) is 3.25. The van der Waals surface area contributed by atoms with Crippen LogP contribution in [0, 0.1) is 17.8 Å². The minimum atomic E-state index is 0.496. The average molecular weight is 249 g/mol. The zero-order chi connectivity index (χ0) is 9.84. The van der Waals surface area contributed by atoms with Gasteiger partial charge < -0.3 is 4.74 Å². The van der Waals surface area contributed by atoms with Crippen LogP contribution in [0.15, 0.2) is 0 Å². The summed E-state index contributed by atoms with van der Waals surface area (Å²) in [6.07, 6.45) is 4.42. The van der Waals surface area contributed by atoms with Crippen molar-refractivity contribution in [2.24, 2.45) is 17.8 Å². The van der Waals surface area contributed by atoms with Gasteiger partial charge in [-0.15, -0.1) is 0 Å². The molecule has 3 atom stereocenters. The van der Waals surface area contributed by atoms with Crippen LogP contribution in [0.4, 0.5) is 0 Å². The second kappa shape index (κ2) is 5.35. The van der Waals surface area contributed by atoms with Gasteiger partial charge in [0.25, 0.3) is 0 Å². The molecule has 1 nitrogen and oxygen atoms in total. The molecule has 0 aromatic rings. The van der Waals surface area contributed by atoms with Gasteiger partial charge in [0.2, 0.25) is 0 Å². The van der Waals surface area contributed by atoms with Crippen LogP contribution >= 0.6 is 15.9 Å². The van der Waals surface area contributed by atoms with Crippen molar-refractivity contribution < 1.29 is 4.74 Å². The van der Waals surface area contributed by atoms with Crippen LogP contribution in [0.1, 0.15) is 40.0 Å². The molecule has 0 saturated heterocycles. The lowest BCUT2D eigenvalue weighted by atomic mass is 9.75. The average Bonchev–Trinajstić information content (AvgIpc) is 2.08. The van der Waals surface area contributed by atoms with Crippen LogP contribution in [0.5, 0.6) is 0 Å². The molecule has 1 aliphatic carbocycles. The maximum Gasteiger partial charge on any atom is 0.102 e. The Hall–Kier alpha value is 0.440. The second-order valence-electron chi connectivity index (χ2n) is 4.64. The van der Waals surface area contributed by atoms with E-state index in [0.717, 1.165) is 17.8 Å². The topological polar surface area (TPSA) is 9.23 Å². The molecule has 1 rings (SSSR count). The first-order valence-electron chi connectivity index (χ1n) is 5.32. The van der Waals surface area contributed by atoms with E-state index in [1.807, 2.05) is 0 Å². The van der Waals surface area contributed by atoms with E-state index >= 15 is 0 Å². The molecule has 1 fully saturated rings. The van der Waals surface area contributed by atoms with Gasteiger partial charge in [0.1, 0.15) is 5.52 Å². The molecular formula is C11H21BrO. The molecule has 2 heteroatoms. The molecule has 1 saturated carbocycles. The number of hydrogen-bond acceptors (Lipinski definition) is 1. The molecule has 0 spiro atoms. The van der Waals surface area contributed by atoms with Crippen molar-refractivity contribution >= 4 is 15.9 Å². The normalized spacial score (nSPS) is 35.3. The summed E-state index contributed by atoms with van der Waals surface area (Å²) < 4.78 is 5.72. The fourth-order valence-corrected chi connectivity index (χ4v) is 2.73. The summed E-state index contributed by atoms with van der Waals surface area (Å²) in [5, 5.41) is 0. The van der Waals surface area contributed by atoms with E-state index in [0.29, 0.717) is 11.6 Å². The van der Waals surface area contributed by atoms with Gasteiger partial charge in [-0.3, -0.25) is 0 Å². The zero-order valence-electron chi connectivity index (χ0n) is 8.92. The first-order chi connectivity index (χ1) is 6.15. The first kappa shape index (κ1) is 11.5. The molecule has 0 amide bonds. The molecule has 13 heavy (non-hydrogen) atoms. The van der Waals surface area contributed by atoms with Gasteiger partial charge in [0, 0.05) is 0 Å². The van der Waals surface area contributed by atoms with Gasteiger partial charge in [-0.2, -0.15) is 0 Å². The van der Waals surface area contributed by atoms with Crippen molar-refractivity contribution in [3.8, 4) is 0 Å². The van der Waals surface area contributed by atoms with E-state index in [-0.39, 0.29) is 0 Å². The Kier molecular flexibility index (Phi) is 4.74. The van der Waals surface area contributed by atoms with Crippen LogP contribution in [0.2, 0.25) is 0 Å². The molecular weight excluding hydrogens is 228 g/mol. The third-order valence-electron chi connectivity index (χ3n) is 3.23. The Bertz CT molecular complexity index is 147. The van der Waals surface area contributed by atoms with Gasteiger partial charge in [0.15, 0.2) is 0 Å². The summed E-state index contributed by atoms with van der Waals surface area (Å²) in [7, 11) is 0. The fraction of sp³-hybridized carbons (Fsp3) is 1.00. The Morgan fingerprint density at radius 3 is 2.62 bits per heavy atom. The fourth-order valence-electron chi connectivity index (χ4n) is 2.39. The Morgan fingerprint density at radius 2 is 2.08 bits per heavy atom. The van der Waals surface area contributed by atoms with Crippen LogP contribution in [-0.2, 0) is 4.74 Å². The number of hydrogen-bond donors (Lipinski definition) is 0. The SMILES string of the molecule is CC1CCC(OCBr)C(C(C)C)C1. The molecule has 0 aliphatic heterocycles. The van der Waals surface area contributed by atoms with E-state index in [2.05, 4.69) is 36.7 Å². The van der Waals surface area contributed by atoms with Crippen molar-refractivity contribution in [3.05, 3.63) is 0 Å². The standard InChI is InChI=1S/C11H21BrO/c1-8(2)10-6-9(3)4-5-11(10)13-7-12/h8-11H,4-7H2,1-3H3. The van der Waals surface area contributed by atoms with Crippen molar-refractivity contribution in [2.75, 3.05) is 5.52 Å². The van der Waals surface area contributed by atoms with Crippen LogP contribution in [0.25, 0.3) is 0 Å². The predicted octanol–water partition coefficient (Wildman–Crippen LogP) is 3.82. The van der Waals surface area contributed by atoms with Crippen LogP contribution in [0.3, 0.4) is 0 Å². The summed E-state index contributed by atoms with van der Waals surface area (Å²) >= 11 is 3.35. The lowest BCUT2D eigenvalue weighted by Crippen LogP contribution is -2.33. The highest BCUT2D eigenvalue weighted by molar-refractivity contribution is 9.09. The summed E-state index contributed by atoms with van der Waals surface area (Å²) in [4.78, 5) is 0. The summed E-state index contributed by atoms with van der Waals surface area (Å²) in [5.41, 5.74) is 0.690. The van der Waals surface area contributed by atoms with Gasteiger partial charge in [-0.25, -0.2) is 0 Å². The van der Waals surface area contributed by atoms with Crippen LogP contribution in [-0.4, -0.2) is 11.6 Å². The lowest BCUT2D eigenvalue weighted by molar-refractivity contribution is -0.0135. The number of alkyl halides is 1. The highest BCUT2D eigenvalue weighted by Crippen LogP contribution is 2.35. The number of ether oxygens (including phenoxy) is 1. The van der Waals surface area contributed by atoms with Crippen molar-refractivity contribution in [1.82, 2.24) is 0 Å². The van der Waals surface area contributed by atoms with Gasteiger partial charge in [0.05, 0.1) is 6.10 Å². The van der Waals surface area contributed by atoms with E-state index in [1.54, 1.807) is 0 Å². The third-order valence-corrected chi connectivity index (χ3v) is 3.49. The maximum atomic E-state index is 5.72. The lowest BCUT2D eigenvalue weighted by Gasteiger charge is -2.36. The van der Waals surface area contributed by atoms with Gasteiger partial charge in [-0.1, -0.05) is 36.7 Å². The quantitative estimate of drug-likeness (QED) is 0.691. The Morgan fingerprint density at radius 1 is 1.38 bits per heavy atom. The second-order valence-corrected chi connectivity index (χ2v) is 5.10. The molecule has 0 aromatic carbocycles. The molecule has 1 aliphatic rings. The Balaban J connectivity index is 2.50. The summed E-state index contributed by atoms with van der Waals surface area (Å²) in [5.74, 6) is 2.41. The molecule has 0 aromatic heterocycles. The van der Waals surface area contributed by atoms with Crippen LogP contribution < -0.4 is 0 Å². The van der Waals surface area contributed by atoms with Gasteiger partial charge in [-0.05, 0) is 37.0 Å². The molecule has 0 radical (unpaired) electrons. The molecule has 3 unspecified atom stereocenters. The number of halogens is 1. The minimum absolute atomic E-state index is 0.496. The number of rotatable bonds is 3. The van der Waals surface area contributed by atoms with E-state index in [4.69, 9.17) is 4.74 Å². The van der Waals surface area contributed by atoms with E-state index < -0.39 is 0 Å². The van der Waals surface area contributed by atoms with E-state index in [9.17, 15) is 0 Å². The van der Waals surface area contributed by atoms with Crippen molar-refractivity contribution in [2.45, 2.75) is 46.1 Å². The molecule has 0 N–H and O–H groups in total. The monoisotopic (exact) mass is 248 g/mol. The largest absolute Gasteiger partial charge is 0.367 e. The Labute approximate surface area is 90.4 Å². The zero-order valence-corrected chi connectivity index (χ0v) is 10.5. The first-order valence-corrected chi connectivity index (χ1v) is 6.44. The van der Waals surface area contributed by atoms with Gasteiger partial charge >= 0.3 is 0 Å². The smallest absolute Gasteiger partial charge is 0.102 e.